The van der Waals surface area contributed by atoms with E-state index in [2.05, 4.69) is 51.1 Å². The zero-order chi connectivity index (χ0) is 16.1. The SMILES string of the molecule is CC(C)(C)CCCC(C#N)(c1ccccc1)c1ccccc1. The van der Waals surface area contributed by atoms with Gasteiger partial charge in [-0.05, 0) is 29.4 Å². The molecule has 2 aromatic carbocycles. The number of rotatable bonds is 5. The van der Waals surface area contributed by atoms with E-state index in [0.29, 0.717) is 5.41 Å². The molecule has 0 aliphatic rings. The molecule has 0 bridgehead atoms. The summed E-state index contributed by atoms with van der Waals surface area (Å²) < 4.78 is 0. The molecule has 0 fully saturated rings. The quantitative estimate of drug-likeness (QED) is 0.692. The van der Waals surface area contributed by atoms with Gasteiger partial charge >= 0.3 is 0 Å². The predicted octanol–water partition coefficient (Wildman–Crippen LogP) is 5.71. The van der Waals surface area contributed by atoms with Gasteiger partial charge < -0.3 is 0 Å². The number of hydrogen-bond acceptors (Lipinski definition) is 1. The van der Waals surface area contributed by atoms with Gasteiger partial charge in [-0.1, -0.05) is 87.9 Å². The van der Waals surface area contributed by atoms with Crippen molar-refractivity contribution in [2.45, 2.75) is 45.4 Å². The van der Waals surface area contributed by atoms with Crippen LogP contribution in [0.5, 0.6) is 0 Å². The lowest BCUT2D eigenvalue weighted by Gasteiger charge is -2.29. The standard InChI is InChI=1S/C21H25N/c1-20(2,3)15-10-16-21(17-22,18-11-6-4-7-12-18)19-13-8-5-9-14-19/h4-9,11-14H,10,15-16H2,1-3H3. The van der Waals surface area contributed by atoms with E-state index in [9.17, 15) is 5.26 Å². The lowest BCUT2D eigenvalue weighted by atomic mass is 9.71. The molecule has 2 rings (SSSR count). The number of nitrogens with zero attached hydrogens (tertiary/aromatic N) is 1. The molecule has 1 nitrogen and oxygen atoms in total. The fraction of sp³-hybridized carbons (Fsp3) is 0.381. The Morgan fingerprint density at radius 2 is 1.23 bits per heavy atom. The van der Waals surface area contributed by atoms with Crippen LogP contribution in [0, 0.1) is 16.7 Å². The zero-order valence-electron chi connectivity index (χ0n) is 13.8. The lowest BCUT2D eigenvalue weighted by molar-refractivity contribution is 0.348. The van der Waals surface area contributed by atoms with Crippen LogP contribution >= 0.6 is 0 Å². The Kier molecular flexibility index (Phi) is 5.03. The van der Waals surface area contributed by atoms with Gasteiger partial charge in [-0.25, -0.2) is 0 Å². The molecule has 0 saturated carbocycles. The Hall–Kier alpha value is -2.07. The molecule has 22 heavy (non-hydrogen) atoms. The first-order valence-electron chi connectivity index (χ1n) is 8.00. The summed E-state index contributed by atoms with van der Waals surface area (Å²) in [7, 11) is 0. The van der Waals surface area contributed by atoms with Gasteiger partial charge in [0.1, 0.15) is 5.41 Å². The molecule has 0 heterocycles. The topological polar surface area (TPSA) is 23.8 Å². The van der Waals surface area contributed by atoms with Crippen LogP contribution in [0.15, 0.2) is 60.7 Å². The van der Waals surface area contributed by atoms with Gasteiger partial charge in [0, 0.05) is 0 Å². The average Bonchev–Trinajstić information content (AvgIpc) is 2.52. The van der Waals surface area contributed by atoms with Crippen molar-refractivity contribution < 1.29 is 0 Å². The number of hydrogen-bond donors (Lipinski definition) is 0. The maximum atomic E-state index is 10.1. The molecule has 2 aromatic rings. The maximum Gasteiger partial charge on any atom is 0.107 e. The third-order valence-electron chi connectivity index (χ3n) is 4.20. The summed E-state index contributed by atoms with van der Waals surface area (Å²) in [6.45, 7) is 6.77. The summed E-state index contributed by atoms with van der Waals surface area (Å²) >= 11 is 0. The van der Waals surface area contributed by atoms with Crippen LogP contribution in [0.3, 0.4) is 0 Å². The van der Waals surface area contributed by atoms with E-state index in [1.165, 1.54) is 0 Å². The highest BCUT2D eigenvalue weighted by Crippen LogP contribution is 2.38. The van der Waals surface area contributed by atoms with Gasteiger partial charge in [-0.15, -0.1) is 0 Å². The minimum atomic E-state index is -0.548. The summed E-state index contributed by atoms with van der Waals surface area (Å²) in [6, 6.07) is 23.0. The first-order valence-corrected chi connectivity index (χ1v) is 8.00. The highest BCUT2D eigenvalue weighted by Gasteiger charge is 2.34. The van der Waals surface area contributed by atoms with Crippen molar-refractivity contribution >= 4 is 0 Å². The van der Waals surface area contributed by atoms with E-state index in [4.69, 9.17) is 0 Å². The molecule has 1 heteroatoms. The summed E-state index contributed by atoms with van der Waals surface area (Å²) in [4.78, 5) is 0. The fourth-order valence-corrected chi connectivity index (χ4v) is 2.97. The molecule has 0 aliphatic heterocycles. The lowest BCUT2D eigenvalue weighted by Crippen LogP contribution is -2.26. The third-order valence-corrected chi connectivity index (χ3v) is 4.20. The van der Waals surface area contributed by atoms with Crippen molar-refractivity contribution in [3.05, 3.63) is 71.8 Å². The van der Waals surface area contributed by atoms with E-state index in [0.717, 1.165) is 30.4 Å². The Balaban J connectivity index is 2.38. The molecule has 0 amide bonds. The minimum Gasteiger partial charge on any atom is -0.197 e. The van der Waals surface area contributed by atoms with Gasteiger partial charge in [-0.3, -0.25) is 0 Å². The summed E-state index contributed by atoms with van der Waals surface area (Å²) in [5, 5.41) is 10.1. The summed E-state index contributed by atoms with van der Waals surface area (Å²) in [5.41, 5.74) is 1.94. The van der Waals surface area contributed by atoms with Crippen LogP contribution in [0.1, 0.15) is 51.2 Å². The second-order valence-electron chi connectivity index (χ2n) is 7.16. The summed E-state index contributed by atoms with van der Waals surface area (Å²) in [6.07, 6.45) is 3.02. The van der Waals surface area contributed by atoms with Crippen molar-refractivity contribution in [1.29, 1.82) is 5.26 Å². The molecule has 0 N–H and O–H groups in total. The van der Waals surface area contributed by atoms with Gasteiger partial charge in [0.15, 0.2) is 0 Å². The van der Waals surface area contributed by atoms with Crippen LogP contribution in [-0.4, -0.2) is 0 Å². The largest absolute Gasteiger partial charge is 0.197 e. The van der Waals surface area contributed by atoms with E-state index in [-0.39, 0.29) is 0 Å². The van der Waals surface area contributed by atoms with Gasteiger partial charge in [-0.2, -0.15) is 5.26 Å². The first kappa shape index (κ1) is 16.3. The Morgan fingerprint density at radius 1 is 0.773 bits per heavy atom. The molecule has 0 aliphatic carbocycles. The Labute approximate surface area is 134 Å². The molecule has 0 radical (unpaired) electrons. The molecular weight excluding hydrogens is 266 g/mol. The van der Waals surface area contributed by atoms with Crippen LogP contribution in [0.2, 0.25) is 0 Å². The molecule has 0 unspecified atom stereocenters. The van der Waals surface area contributed by atoms with Crippen LogP contribution < -0.4 is 0 Å². The van der Waals surface area contributed by atoms with Crippen molar-refractivity contribution in [3.8, 4) is 6.07 Å². The van der Waals surface area contributed by atoms with Gasteiger partial charge in [0.25, 0.3) is 0 Å². The highest BCUT2D eigenvalue weighted by molar-refractivity contribution is 5.45. The predicted molar refractivity (Wildman–Crippen MR) is 92.6 cm³/mol. The fourth-order valence-electron chi connectivity index (χ4n) is 2.97. The van der Waals surface area contributed by atoms with Crippen molar-refractivity contribution in [3.63, 3.8) is 0 Å². The molecule has 0 saturated heterocycles. The Bertz CT molecular complexity index is 575. The Morgan fingerprint density at radius 3 is 1.59 bits per heavy atom. The second kappa shape index (κ2) is 6.79. The minimum absolute atomic E-state index is 0.300. The van der Waals surface area contributed by atoms with Crippen molar-refractivity contribution in [1.82, 2.24) is 0 Å². The first-order chi connectivity index (χ1) is 10.5. The smallest absolute Gasteiger partial charge is 0.107 e. The zero-order valence-corrected chi connectivity index (χ0v) is 13.8. The summed E-state index contributed by atoms with van der Waals surface area (Å²) in [5.74, 6) is 0. The molecule has 0 spiro atoms. The molecule has 0 aromatic heterocycles. The maximum absolute atomic E-state index is 10.1. The number of nitriles is 1. The molecule has 0 atom stereocenters. The van der Waals surface area contributed by atoms with Gasteiger partial charge in [0.05, 0.1) is 6.07 Å². The molecular formula is C21H25N. The second-order valence-corrected chi connectivity index (χ2v) is 7.16. The van der Waals surface area contributed by atoms with E-state index in [1.807, 2.05) is 36.4 Å². The average molecular weight is 291 g/mol. The van der Waals surface area contributed by atoms with Crippen LogP contribution in [-0.2, 0) is 5.41 Å². The van der Waals surface area contributed by atoms with E-state index in [1.54, 1.807) is 0 Å². The van der Waals surface area contributed by atoms with E-state index >= 15 is 0 Å². The highest BCUT2D eigenvalue weighted by atomic mass is 14.4. The van der Waals surface area contributed by atoms with Gasteiger partial charge in [0.2, 0.25) is 0 Å². The monoisotopic (exact) mass is 291 g/mol. The number of benzene rings is 2. The van der Waals surface area contributed by atoms with Crippen molar-refractivity contribution in [2.24, 2.45) is 5.41 Å². The van der Waals surface area contributed by atoms with E-state index < -0.39 is 5.41 Å². The van der Waals surface area contributed by atoms with Crippen LogP contribution in [0.25, 0.3) is 0 Å². The molecule has 114 valence electrons. The van der Waals surface area contributed by atoms with Crippen molar-refractivity contribution in [2.75, 3.05) is 0 Å². The normalized spacial score (nSPS) is 11.9. The van der Waals surface area contributed by atoms with Crippen LogP contribution in [0.4, 0.5) is 0 Å². The third kappa shape index (κ3) is 3.77.